The average Bonchev–Trinajstić information content (AvgIpc) is 2.74. The summed E-state index contributed by atoms with van der Waals surface area (Å²) in [6.45, 7) is 8.14. The van der Waals surface area contributed by atoms with Crippen molar-refractivity contribution in [1.29, 1.82) is 0 Å². The predicted molar refractivity (Wildman–Crippen MR) is 70.4 cm³/mol. The van der Waals surface area contributed by atoms with Gasteiger partial charge in [0, 0.05) is 6.42 Å². The van der Waals surface area contributed by atoms with Crippen molar-refractivity contribution in [3.8, 4) is 0 Å². The van der Waals surface area contributed by atoms with Crippen molar-refractivity contribution in [3.05, 3.63) is 17.7 Å². The van der Waals surface area contributed by atoms with E-state index in [1.165, 1.54) is 6.20 Å². The highest BCUT2D eigenvalue weighted by Gasteiger charge is 2.21. The van der Waals surface area contributed by atoms with Crippen molar-refractivity contribution >= 4 is 5.91 Å². The molecule has 0 saturated carbocycles. The van der Waals surface area contributed by atoms with Crippen LogP contribution in [0.15, 0.2) is 6.20 Å². The van der Waals surface area contributed by atoms with Crippen LogP contribution in [-0.4, -0.2) is 33.6 Å². The van der Waals surface area contributed by atoms with Gasteiger partial charge in [-0.15, -0.1) is 0 Å². The van der Waals surface area contributed by atoms with Gasteiger partial charge >= 0.3 is 0 Å². The lowest BCUT2D eigenvalue weighted by atomic mass is 9.88. The van der Waals surface area contributed by atoms with E-state index in [-0.39, 0.29) is 24.0 Å². The Morgan fingerprint density at radius 1 is 1.56 bits per heavy atom. The molecule has 1 atom stereocenters. The van der Waals surface area contributed by atoms with Crippen LogP contribution in [0.5, 0.6) is 0 Å². The first-order chi connectivity index (χ1) is 8.35. The summed E-state index contributed by atoms with van der Waals surface area (Å²) in [6, 6.07) is -0.231. The van der Waals surface area contributed by atoms with Crippen LogP contribution in [0.4, 0.5) is 0 Å². The van der Waals surface area contributed by atoms with Crippen molar-refractivity contribution < 1.29 is 9.90 Å². The Morgan fingerprint density at radius 3 is 2.67 bits per heavy atom. The third-order valence-electron chi connectivity index (χ3n) is 2.62. The third kappa shape index (κ3) is 4.49. The number of hydrogen-bond donors (Lipinski definition) is 3. The molecule has 1 amide bonds. The Balaban J connectivity index is 2.62. The number of aromatic nitrogens is 2. The van der Waals surface area contributed by atoms with Crippen LogP contribution in [-0.2, 0) is 6.42 Å². The molecular weight excluding hydrogens is 230 g/mol. The summed E-state index contributed by atoms with van der Waals surface area (Å²) in [5.41, 5.74) is 0.502. The second kappa shape index (κ2) is 6.00. The number of nitrogens with zero attached hydrogens (tertiary/aromatic N) is 1. The van der Waals surface area contributed by atoms with Gasteiger partial charge in [-0.25, -0.2) is 4.98 Å². The number of H-pyrrole nitrogens is 1. The number of aliphatic hydroxyl groups is 1. The van der Waals surface area contributed by atoms with E-state index >= 15 is 0 Å². The number of amides is 1. The molecule has 3 N–H and O–H groups in total. The first-order valence-electron chi connectivity index (χ1n) is 6.31. The van der Waals surface area contributed by atoms with Gasteiger partial charge in [0.2, 0.25) is 0 Å². The molecule has 1 aromatic heterocycles. The van der Waals surface area contributed by atoms with Crippen LogP contribution in [0.25, 0.3) is 0 Å². The Morgan fingerprint density at radius 2 is 2.22 bits per heavy atom. The Bertz CT molecular complexity index is 393. The lowest BCUT2D eigenvalue weighted by Crippen LogP contribution is -2.40. The minimum absolute atomic E-state index is 0.0578. The standard InChI is InChI=1S/C13H23N3O2/c1-5-11-14-7-10(16-11)12(18)15-9(8-17)6-13(2,3)4/h7,9,17H,5-6,8H2,1-4H3,(H,14,16)(H,15,18). The molecule has 0 aliphatic heterocycles. The molecule has 102 valence electrons. The summed E-state index contributed by atoms with van der Waals surface area (Å²) in [6.07, 6.45) is 3.02. The summed E-state index contributed by atoms with van der Waals surface area (Å²) < 4.78 is 0. The Kier molecular flexibility index (Phi) is 4.90. The molecule has 5 nitrogen and oxygen atoms in total. The smallest absolute Gasteiger partial charge is 0.269 e. The molecule has 0 saturated heterocycles. The quantitative estimate of drug-likeness (QED) is 0.744. The maximum atomic E-state index is 11.9. The maximum Gasteiger partial charge on any atom is 0.269 e. The molecule has 0 aliphatic rings. The van der Waals surface area contributed by atoms with Crippen LogP contribution < -0.4 is 5.32 Å². The zero-order valence-electron chi connectivity index (χ0n) is 11.6. The number of rotatable bonds is 5. The van der Waals surface area contributed by atoms with Crippen LogP contribution in [0.3, 0.4) is 0 Å². The summed E-state index contributed by atoms with van der Waals surface area (Å²) >= 11 is 0. The molecule has 1 unspecified atom stereocenters. The van der Waals surface area contributed by atoms with E-state index in [1.807, 2.05) is 6.92 Å². The summed E-state index contributed by atoms with van der Waals surface area (Å²) in [5.74, 6) is 0.571. The normalized spacial score (nSPS) is 13.4. The number of aryl methyl sites for hydroxylation is 1. The number of imidazole rings is 1. The van der Waals surface area contributed by atoms with Crippen LogP contribution in [0.2, 0.25) is 0 Å². The molecular formula is C13H23N3O2. The van der Waals surface area contributed by atoms with Gasteiger partial charge in [-0.2, -0.15) is 0 Å². The molecule has 18 heavy (non-hydrogen) atoms. The van der Waals surface area contributed by atoms with Gasteiger partial charge in [0.15, 0.2) is 0 Å². The van der Waals surface area contributed by atoms with Crippen molar-refractivity contribution in [2.45, 2.75) is 46.6 Å². The van der Waals surface area contributed by atoms with Crippen molar-refractivity contribution in [3.63, 3.8) is 0 Å². The van der Waals surface area contributed by atoms with Crippen LogP contribution in [0, 0.1) is 5.41 Å². The van der Waals surface area contributed by atoms with E-state index in [0.717, 1.165) is 18.7 Å². The molecule has 0 aromatic carbocycles. The fourth-order valence-corrected chi connectivity index (χ4v) is 1.82. The number of aliphatic hydroxyl groups excluding tert-OH is 1. The molecule has 0 aliphatic carbocycles. The van der Waals surface area contributed by atoms with Gasteiger partial charge in [-0.1, -0.05) is 27.7 Å². The van der Waals surface area contributed by atoms with E-state index in [2.05, 4.69) is 36.1 Å². The lowest BCUT2D eigenvalue weighted by Gasteiger charge is -2.25. The van der Waals surface area contributed by atoms with Gasteiger partial charge < -0.3 is 15.4 Å². The number of carbonyl (C=O) groups is 1. The number of carbonyl (C=O) groups excluding carboxylic acids is 1. The Labute approximate surface area is 108 Å². The molecule has 1 aromatic rings. The number of nitrogens with one attached hydrogen (secondary N) is 2. The first-order valence-corrected chi connectivity index (χ1v) is 6.31. The van der Waals surface area contributed by atoms with Crippen LogP contribution in [0.1, 0.15) is 50.4 Å². The van der Waals surface area contributed by atoms with E-state index < -0.39 is 0 Å². The maximum absolute atomic E-state index is 11.9. The van der Waals surface area contributed by atoms with E-state index in [1.54, 1.807) is 0 Å². The monoisotopic (exact) mass is 253 g/mol. The molecule has 1 rings (SSSR count). The van der Waals surface area contributed by atoms with Crippen molar-refractivity contribution in [2.24, 2.45) is 5.41 Å². The van der Waals surface area contributed by atoms with Gasteiger partial charge in [0.25, 0.3) is 5.91 Å². The summed E-state index contributed by atoms with van der Waals surface area (Å²) in [4.78, 5) is 19.0. The van der Waals surface area contributed by atoms with Crippen LogP contribution >= 0.6 is 0 Å². The van der Waals surface area contributed by atoms with Gasteiger partial charge in [-0.3, -0.25) is 4.79 Å². The highest BCUT2D eigenvalue weighted by atomic mass is 16.3. The summed E-state index contributed by atoms with van der Waals surface area (Å²) in [7, 11) is 0. The van der Waals surface area contributed by atoms with Gasteiger partial charge in [-0.05, 0) is 11.8 Å². The molecule has 0 spiro atoms. The van der Waals surface area contributed by atoms with E-state index in [0.29, 0.717) is 5.69 Å². The predicted octanol–water partition coefficient (Wildman–Crippen LogP) is 1.50. The molecule has 0 fully saturated rings. The summed E-state index contributed by atoms with van der Waals surface area (Å²) in [5, 5.41) is 12.1. The second-order valence-corrected chi connectivity index (χ2v) is 5.71. The zero-order chi connectivity index (χ0) is 13.8. The van der Waals surface area contributed by atoms with Gasteiger partial charge in [0.1, 0.15) is 11.5 Å². The van der Waals surface area contributed by atoms with E-state index in [4.69, 9.17) is 0 Å². The highest BCUT2D eigenvalue weighted by Crippen LogP contribution is 2.20. The fourth-order valence-electron chi connectivity index (χ4n) is 1.82. The molecule has 1 heterocycles. The van der Waals surface area contributed by atoms with Crippen molar-refractivity contribution in [2.75, 3.05) is 6.61 Å². The first kappa shape index (κ1) is 14.7. The lowest BCUT2D eigenvalue weighted by molar-refractivity contribution is 0.0893. The SMILES string of the molecule is CCc1ncc(C(=O)NC(CO)CC(C)(C)C)[nH]1. The largest absolute Gasteiger partial charge is 0.394 e. The topological polar surface area (TPSA) is 78.0 Å². The highest BCUT2D eigenvalue weighted by molar-refractivity contribution is 5.92. The zero-order valence-corrected chi connectivity index (χ0v) is 11.6. The molecule has 0 bridgehead atoms. The number of aromatic amines is 1. The number of hydrogen-bond acceptors (Lipinski definition) is 3. The fraction of sp³-hybridized carbons (Fsp3) is 0.692. The molecule has 0 radical (unpaired) electrons. The van der Waals surface area contributed by atoms with E-state index in [9.17, 15) is 9.90 Å². The van der Waals surface area contributed by atoms with Crippen molar-refractivity contribution in [1.82, 2.24) is 15.3 Å². The Hall–Kier alpha value is -1.36. The molecule has 5 heteroatoms. The average molecular weight is 253 g/mol. The second-order valence-electron chi connectivity index (χ2n) is 5.71. The third-order valence-corrected chi connectivity index (χ3v) is 2.62. The van der Waals surface area contributed by atoms with Gasteiger partial charge in [0.05, 0.1) is 18.8 Å². The minimum Gasteiger partial charge on any atom is -0.394 e. The minimum atomic E-state index is -0.231.